The molecule has 1 N–H and O–H groups in total. The Morgan fingerprint density at radius 1 is 1.62 bits per heavy atom. The van der Waals surface area contributed by atoms with Crippen LogP contribution < -0.4 is 5.32 Å². The molecule has 1 aromatic heterocycles. The highest BCUT2D eigenvalue weighted by Gasteiger charge is 2.13. The molecule has 0 aliphatic heterocycles. The van der Waals surface area contributed by atoms with Crippen molar-refractivity contribution in [2.24, 2.45) is 0 Å². The van der Waals surface area contributed by atoms with Crippen LogP contribution in [0.25, 0.3) is 0 Å². The molecular formula is C9H14N2OS. The average molecular weight is 198 g/mol. The second-order valence-electron chi connectivity index (χ2n) is 3.11. The number of hydrogen-bond donors (Lipinski definition) is 1. The van der Waals surface area contributed by atoms with Crippen molar-refractivity contribution in [3.63, 3.8) is 0 Å². The topological polar surface area (TPSA) is 32.3 Å². The number of anilines is 1. The molecule has 1 unspecified atom stereocenters. The predicted molar refractivity (Wildman–Crippen MR) is 56.1 cm³/mol. The number of rotatable bonds is 3. The lowest BCUT2D eigenvalue weighted by molar-refractivity contribution is -0.129. The normalized spacial score (nSPS) is 12.2. The summed E-state index contributed by atoms with van der Waals surface area (Å²) in [4.78, 5) is 13.0. The summed E-state index contributed by atoms with van der Waals surface area (Å²) < 4.78 is 0. The van der Waals surface area contributed by atoms with Gasteiger partial charge in [-0.25, -0.2) is 0 Å². The van der Waals surface area contributed by atoms with Gasteiger partial charge in [0.2, 0.25) is 5.91 Å². The maximum atomic E-state index is 11.4. The van der Waals surface area contributed by atoms with Crippen LogP contribution >= 0.6 is 11.3 Å². The zero-order valence-corrected chi connectivity index (χ0v) is 8.89. The number of nitrogens with zero attached hydrogens (tertiary/aromatic N) is 1. The van der Waals surface area contributed by atoms with Gasteiger partial charge in [0.15, 0.2) is 0 Å². The van der Waals surface area contributed by atoms with Gasteiger partial charge >= 0.3 is 0 Å². The molecule has 3 nitrogen and oxygen atoms in total. The number of carbonyl (C=O) groups excluding carboxylic acids is 1. The second-order valence-corrected chi connectivity index (χ2v) is 3.89. The largest absolute Gasteiger partial charge is 0.373 e. The highest BCUT2D eigenvalue weighted by molar-refractivity contribution is 7.08. The lowest BCUT2D eigenvalue weighted by Gasteiger charge is -2.17. The van der Waals surface area contributed by atoms with Gasteiger partial charge in [-0.1, -0.05) is 0 Å². The smallest absolute Gasteiger partial charge is 0.244 e. The Kier molecular flexibility index (Phi) is 3.31. The molecule has 1 rings (SSSR count). The molecule has 0 spiro atoms. The maximum absolute atomic E-state index is 11.4. The summed E-state index contributed by atoms with van der Waals surface area (Å²) in [7, 11) is 3.52. The van der Waals surface area contributed by atoms with Gasteiger partial charge in [-0.05, 0) is 18.4 Å². The molecule has 4 heteroatoms. The minimum absolute atomic E-state index is 0.0891. The molecule has 1 atom stereocenters. The SMILES string of the molecule is CC(Nc1ccsc1)C(=O)N(C)C. The van der Waals surface area contributed by atoms with Crippen LogP contribution in [-0.2, 0) is 4.79 Å². The second kappa shape index (κ2) is 4.28. The Morgan fingerprint density at radius 2 is 2.31 bits per heavy atom. The Morgan fingerprint density at radius 3 is 2.77 bits per heavy atom. The van der Waals surface area contributed by atoms with E-state index in [0.717, 1.165) is 5.69 Å². The van der Waals surface area contributed by atoms with Crippen molar-refractivity contribution in [1.29, 1.82) is 0 Å². The minimum atomic E-state index is -0.162. The molecule has 13 heavy (non-hydrogen) atoms. The van der Waals surface area contributed by atoms with E-state index in [1.165, 1.54) is 0 Å². The first-order valence-electron chi connectivity index (χ1n) is 4.11. The molecule has 0 aromatic carbocycles. The number of thiophene rings is 1. The zero-order chi connectivity index (χ0) is 9.84. The summed E-state index contributed by atoms with van der Waals surface area (Å²) in [6.45, 7) is 1.86. The number of likely N-dealkylation sites (N-methyl/N-ethyl adjacent to an activating group) is 1. The maximum Gasteiger partial charge on any atom is 0.244 e. The quantitative estimate of drug-likeness (QED) is 0.800. The third kappa shape index (κ3) is 2.73. The summed E-state index contributed by atoms with van der Waals surface area (Å²) >= 11 is 1.61. The summed E-state index contributed by atoms with van der Waals surface area (Å²) in [5, 5.41) is 7.09. The van der Waals surface area contributed by atoms with E-state index in [2.05, 4.69) is 5.32 Å². The van der Waals surface area contributed by atoms with Crippen molar-refractivity contribution >= 4 is 22.9 Å². The van der Waals surface area contributed by atoms with E-state index in [-0.39, 0.29) is 11.9 Å². The van der Waals surface area contributed by atoms with E-state index in [9.17, 15) is 4.79 Å². The van der Waals surface area contributed by atoms with Crippen molar-refractivity contribution < 1.29 is 4.79 Å². The summed E-state index contributed by atoms with van der Waals surface area (Å²) in [6, 6.07) is 1.80. The molecular weight excluding hydrogens is 184 g/mol. The van der Waals surface area contributed by atoms with Crippen molar-refractivity contribution in [2.45, 2.75) is 13.0 Å². The summed E-state index contributed by atoms with van der Waals surface area (Å²) in [5.41, 5.74) is 1.01. The molecule has 1 amide bonds. The molecule has 0 radical (unpaired) electrons. The first-order valence-corrected chi connectivity index (χ1v) is 5.05. The molecule has 72 valence electrons. The molecule has 0 fully saturated rings. The van der Waals surface area contributed by atoms with Crippen molar-refractivity contribution in [3.8, 4) is 0 Å². The Bertz CT molecular complexity index is 269. The molecule has 0 aliphatic rings. The lowest BCUT2D eigenvalue weighted by atomic mass is 10.3. The first-order chi connectivity index (χ1) is 6.11. The highest BCUT2D eigenvalue weighted by atomic mass is 32.1. The van der Waals surface area contributed by atoms with E-state index < -0.39 is 0 Å². The zero-order valence-electron chi connectivity index (χ0n) is 8.07. The third-order valence-electron chi connectivity index (χ3n) is 1.72. The van der Waals surface area contributed by atoms with Gasteiger partial charge in [0.05, 0.1) is 0 Å². The molecule has 1 heterocycles. The van der Waals surface area contributed by atoms with Gasteiger partial charge in [-0.2, -0.15) is 11.3 Å². The monoisotopic (exact) mass is 198 g/mol. The van der Waals surface area contributed by atoms with Crippen molar-refractivity contribution in [3.05, 3.63) is 16.8 Å². The number of amides is 1. The van der Waals surface area contributed by atoms with E-state index in [4.69, 9.17) is 0 Å². The Hall–Kier alpha value is -1.03. The molecule has 0 bridgehead atoms. The van der Waals surface area contributed by atoms with Gasteiger partial charge in [0.1, 0.15) is 6.04 Å². The average Bonchev–Trinajstić information content (AvgIpc) is 2.55. The highest BCUT2D eigenvalue weighted by Crippen LogP contribution is 2.13. The van der Waals surface area contributed by atoms with E-state index in [1.807, 2.05) is 23.8 Å². The van der Waals surface area contributed by atoms with Gasteiger partial charge in [0.25, 0.3) is 0 Å². The van der Waals surface area contributed by atoms with Gasteiger partial charge < -0.3 is 10.2 Å². The van der Waals surface area contributed by atoms with Crippen LogP contribution in [0.15, 0.2) is 16.8 Å². The number of carbonyl (C=O) groups is 1. The molecule has 1 aromatic rings. The van der Waals surface area contributed by atoms with Gasteiger partial charge in [-0.15, -0.1) is 0 Å². The van der Waals surface area contributed by atoms with Crippen LogP contribution in [0.5, 0.6) is 0 Å². The molecule has 0 saturated heterocycles. The predicted octanol–water partition coefficient (Wildman–Crippen LogP) is 1.64. The van der Waals surface area contributed by atoms with Crippen LogP contribution in [0, 0.1) is 0 Å². The minimum Gasteiger partial charge on any atom is -0.373 e. The van der Waals surface area contributed by atoms with Gasteiger partial charge in [0, 0.05) is 25.2 Å². The number of hydrogen-bond acceptors (Lipinski definition) is 3. The van der Waals surface area contributed by atoms with Crippen LogP contribution in [0.2, 0.25) is 0 Å². The standard InChI is InChI=1S/C9H14N2OS/c1-7(9(12)11(2)3)10-8-4-5-13-6-8/h4-7,10H,1-3H3. The Labute approximate surface area is 82.4 Å². The van der Waals surface area contributed by atoms with Crippen molar-refractivity contribution in [1.82, 2.24) is 4.90 Å². The third-order valence-corrected chi connectivity index (χ3v) is 2.40. The van der Waals surface area contributed by atoms with E-state index >= 15 is 0 Å². The van der Waals surface area contributed by atoms with Crippen LogP contribution in [-0.4, -0.2) is 30.9 Å². The number of nitrogens with one attached hydrogen (secondary N) is 1. The fourth-order valence-electron chi connectivity index (χ4n) is 1.05. The van der Waals surface area contributed by atoms with Crippen LogP contribution in [0.1, 0.15) is 6.92 Å². The first kappa shape index (κ1) is 10.1. The van der Waals surface area contributed by atoms with Crippen molar-refractivity contribution in [2.75, 3.05) is 19.4 Å². The summed E-state index contributed by atoms with van der Waals surface area (Å²) in [6.07, 6.45) is 0. The van der Waals surface area contributed by atoms with E-state index in [1.54, 1.807) is 30.3 Å². The fourth-order valence-corrected chi connectivity index (χ4v) is 1.64. The summed E-state index contributed by atoms with van der Waals surface area (Å²) in [5.74, 6) is 0.0891. The van der Waals surface area contributed by atoms with Crippen LogP contribution in [0.3, 0.4) is 0 Å². The van der Waals surface area contributed by atoms with Crippen LogP contribution in [0.4, 0.5) is 5.69 Å². The fraction of sp³-hybridized carbons (Fsp3) is 0.444. The van der Waals surface area contributed by atoms with E-state index in [0.29, 0.717) is 0 Å². The molecule has 0 saturated carbocycles. The lowest BCUT2D eigenvalue weighted by Crippen LogP contribution is -2.36. The molecule has 0 aliphatic carbocycles. The van der Waals surface area contributed by atoms with Gasteiger partial charge in [-0.3, -0.25) is 4.79 Å². The Balaban J connectivity index is 2.51.